The Hall–Kier alpha value is -0.650. The van der Waals surface area contributed by atoms with E-state index in [-0.39, 0.29) is 17.0 Å². The maximum atomic E-state index is 12.0. The van der Waals surface area contributed by atoms with E-state index < -0.39 is 0 Å². The van der Waals surface area contributed by atoms with E-state index in [4.69, 9.17) is 10.5 Å². The van der Waals surface area contributed by atoms with Gasteiger partial charge in [0.25, 0.3) is 0 Å². The summed E-state index contributed by atoms with van der Waals surface area (Å²) in [5, 5.41) is 3.18. The molecule has 5 nitrogen and oxygen atoms in total. The third-order valence-electron chi connectivity index (χ3n) is 5.10. The summed E-state index contributed by atoms with van der Waals surface area (Å²) in [6, 6.07) is 0. The second kappa shape index (κ2) is 7.75. The highest BCUT2D eigenvalue weighted by Crippen LogP contribution is 2.36. The van der Waals surface area contributed by atoms with E-state index in [9.17, 15) is 4.79 Å². The van der Waals surface area contributed by atoms with Gasteiger partial charge in [0.2, 0.25) is 5.91 Å². The van der Waals surface area contributed by atoms with Crippen molar-refractivity contribution in [2.24, 2.45) is 5.73 Å². The third kappa shape index (κ3) is 4.67. The van der Waals surface area contributed by atoms with E-state index in [0.29, 0.717) is 13.0 Å². The summed E-state index contributed by atoms with van der Waals surface area (Å²) in [6.45, 7) is 8.39. The van der Waals surface area contributed by atoms with Crippen LogP contribution in [0.1, 0.15) is 58.8 Å². The van der Waals surface area contributed by atoms with E-state index in [1.54, 1.807) is 0 Å². The molecule has 22 heavy (non-hydrogen) atoms. The highest BCUT2D eigenvalue weighted by atomic mass is 16.5. The van der Waals surface area contributed by atoms with Gasteiger partial charge in [0.05, 0.1) is 12.2 Å². The number of amides is 1. The first-order valence-electron chi connectivity index (χ1n) is 8.83. The molecule has 0 spiro atoms. The smallest absolute Gasteiger partial charge is 0.220 e. The van der Waals surface area contributed by atoms with Crippen LogP contribution in [-0.4, -0.2) is 54.7 Å². The maximum absolute atomic E-state index is 12.0. The number of hydrogen-bond acceptors (Lipinski definition) is 4. The quantitative estimate of drug-likeness (QED) is 0.783. The maximum Gasteiger partial charge on any atom is 0.220 e. The van der Waals surface area contributed by atoms with E-state index in [2.05, 4.69) is 24.1 Å². The number of carbonyl (C=O) groups is 1. The standard InChI is InChI=1S/C17H33N3O2/c1-16(2)14-20(11-12-22-16)17(8-4-3-5-9-17)13-19-15(21)7-6-10-18/h3-14,18H2,1-2H3,(H,19,21). The van der Waals surface area contributed by atoms with E-state index in [1.807, 2.05) is 0 Å². The molecule has 1 amide bonds. The first kappa shape index (κ1) is 17.7. The molecular weight excluding hydrogens is 278 g/mol. The normalized spacial score (nSPS) is 24.9. The number of nitrogens with one attached hydrogen (secondary N) is 1. The second-order valence-electron chi connectivity index (χ2n) is 7.48. The van der Waals surface area contributed by atoms with Crippen LogP contribution in [0, 0.1) is 0 Å². The van der Waals surface area contributed by atoms with Gasteiger partial charge >= 0.3 is 0 Å². The molecule has 1 heterocycles. The lowest BCUT2D eigenvalue weighted by molar-refractivity contribution is -0.129. The van der Waals surface area contributed by atoms with Crippen LogP contribution in [0.3, 0.4) is 0 Å². The summed E-state index contributed by atoms with van der Waals surface area (Å²) in [5.74, 6) is 0.142. The summed E-state index contributed by atoms with van der Waals surface area (Å²) in [5.41, 5.74) is 5.52. The van der Waals surface area contributed by atoms with Crippen molar-refractivity contribution >= 4 is 5.91 Å². The molecule has 3 N–H and O–H groups in total. The monoisotopic (exact) mass is 311 g/mol. The predicted octanol–water partition coefficient (Wildman–Crippen LogP) is 1.66. The average molecular weight is 311 g/mol. The zero-order valence-electron chi connectivity index (χ0n) is 14.3. The van der Waals surface area contributed by atoms with Crippen LogP contribution in [0.15, 0.2) is 0 Å². The van der Waals surface area contributed by atoms with Gasteiger partial charge in [0.1, 0.15) is 0 Å². The fraction of sp³-hybridized carbons (Fsp3) is 0.941. The summed E-state index contributed by atoms with van der Waals surface area (Å²) < 4.78 is 5.87. The fourth-order valence-electron chi connectivity index (χ4n) is 3.85. The van der Waals surface area contributed by atoms with E-state index in [1.165, 1.54) is 32.1 Å². The number of morpholine rings is 1. The van der Waals surface area contributed by atoms with Crippen LogP contribution in [-0.2, 0) is 9.53 Å². The van der Waals surface area contributed by atoms with Crippen LogP contribution in [0.5, 0.6) is 0 Å². The highest BCUT2D eigenvalue weighted by Gasteiger charge is 2.42. The van der Waals surface area contributed by atoms with E-state index in [0.717, 1.165) is 32.7 Å². The van der Waals surface area contributed by atoms with Gasteiger partial charge in [-0.25, -0.2) is 0 Å². The fourth-order valence-corrected chi connectivity index (χ4v) is 3.85. The molecule has 0 bridgehead atoms. The van der Waals surface area contributed by atoms with Crippen molar-refractivity contribution in [1.82, 2.24) is 10.2 Å². The van der Waals surface area contributed by atoms with Crippen LogP contribution >= 0.6 is 0 Å². The first-order chi connectivity index (χ1) is 10.5. The minimum Gasteiger partial charge on any atom is -0.373 e. The Labute approximate surface area is 134 Å². The number of ether oxygens (including phenoxy) is 1. The number of hydrogen-bond donors (Lipinski definition) is 2. The van der Waals surface area contributed by atoms with Gasteiger partial charge in [-0.15, -0.1) is 0 Å². The van der Waals surface area contributed by atoms with Gasteiger partial charge in [-0.2, -0.15) is 0 Å². The van der Waals surface area contributed by atoms with Gasteiger partial charge < -0.3 is 15.8 Å². The van der Waals surface area contributed by atoms with Crippen molar-refractivity contribution in [3.05, 3.63) is 0 Å². The van der Waals surface area contributed by atoms with Crippen molar-refractivity contribution in [1.29, 1.82) is 0 Å². The lowest BCUT2D eigenvalue weighted by atomic mass is 9.79. The van der Waals surface area contributed by atoms with Crippen molar-refractivity contribution in [3.8, 4) is 0 Å². The van der Waals surface area contributed by atoms with Gasteiger partial charge in [0.15, 0.2) is 0 Å². The molecule has 2 rings (SSSR count). The summed E-state index contributed by atoms with van der Waals surface area (Å²) in [7, 11) is 0. The Morgan fingerprint density at radius 2 is 2.00 bits per heavy atom. The molecule has 128 valence electrons. The van der Waals surface area contributed by atoms with E-state index >= 15 is 0 Å². The van der Waals surface area contributed by atoms with Crippen LogP contribution in [0.2, 0.25) is 0 Å². The van der Waals surface area contributed by atoms with Gasteiger partial charge in [0, 0.05) is 31.6 Å². The Bertz CT molecular complexity index is 365. The zero-order chi connectivity index (χ0) is 16.1. The summed E-state index contributed by atoms with van der Waals surface area (Å²) in [6.07, 6.45) is 7.51. The average Bonchev–Trinajstić information content (AvgIpc) is 2.51. The van der Waals surface area contributed by atoms with Crippen LogP contribution < -0.4 is 11.1 Å². The highest BCUT2D eigenvalue weighted by molar-refractivity contribution is 5.75. The first-order valence-corrected chi connectivity index (χ1v) is 8.83. The molecule has 0 atom stereocenters. The lowest BCUT2D eigenvalue weighted by Gasteiger charge is -2.51. The largest absolute Gasteiger partial charge is 0.373 e. The van der Waals surface area contributed by atoms with Crippen LogP contribution in [0.25, 0.3) is 0 Å². The zero-order valence-corrected chi connectivity index (χ0v) is 14.3. The topological polar surface area (TPSA) is 67.6 Å². The molecule has 1 saturated heterocycles. The molecular formula is C17H33N3O2. The number of rotatable bonds is 6. The molecule has 2 fully saturated rings. The van der Waals surface area contributed by atoms with Crippen LogP contribution in [0.4, 0.5) is 0 Å². The molecule has 0 aromatic carbocycles. The minimum absolute atomic E-state index is 0.0910. The van der Waals surface area contributed by atoms with Gasteiger partial charge in [-0.3, -0.25) is 9.69 Å². The number of carbonyl (C=O) groups excluding carboxylic acids is 1. The van der Waals surface area contributed by atoms with Crippen molar-refractivity contribution < 1.29 is 9.53 Å². The molecule has 0 aromatic rings. The summed E-state index contributed by atoms with van der Waals surface area (Å²) >= 11 is 0. The Balaban J connectivity index is 1.99. The SMILES string of the molecule is CC1(C)CN(C2(CNC(=O)CCCN)CCCCC2)CCO1. The molecule has 0 radical (unpaired) electrons. The van der Waals surface area contributed by atoms with Crippen molar-refractivity contribution in [2.75, 3.05) is 32.8 Å². The second-order valence-corrected chi connectivity index (χ2v) is 7.48. The Morgan fingerprint density at radius 1 is 1.27 bits per heavy atom. The van der Waals surface area contributed by atoms with Gasteiger partial charge in [-0.05, 0) is 39.7 Å². The minimum atomic E-state index is -0.0910. The molecule has 1 saturated carbocycles. The molecule has 1 aliphatic carbocycles. The number of nitrogens with two attached hydrogens (primary N) is 1. The Kier molecular flexibility index (Phi) is 6.24. The third-order valence-corrected chi connectivity index (χ3v) is 5.10. The molecule has 0 unspecified atom stereocenters. The molecule has 2 aliphatic rings. The van der Waals surface area contributed by atoms with Gasteiger partial charge in [-0.1, -0.05) is 19.3 Å². The summed E-state index contributed by atoms with van der Waals surface area (Å²) in [4.78, 5) is 14.6. The van der Waals surface area contributed by atoms with Crippen molar-refractivity contribution in [2.45, 2.75) is 69.9 Å². The number of nitrogens with zero attached hydrogens (tertiary/aromatic N) is 1. The molecule has 1 aliphatic heterocycles. The molecule has 0 aromatic heterocycles. The van der Waals surface area contributed by atoms with Crippen molar-refractivity contribution in [3.63, 3.8) is 0 Å². The predicted molar refractivity (Wildman–Crippen MR) is 88.7 cm³/mol. The molecule has 5 heteroatoms. The lowest BCUT2D eigenvalue weighted by Crippen LogP contribution is -2.63. The Morgan fingerprint density at radius 3 is 2.64 bits per heavy atom.